The lowest BCUT2D eigenvalue weighted by Crippen LogP contribution is -2.61. The first-order valence-electron chi connectivity index (χ1n) is 9.69. The van der Waals surface area contributed by atoms with Gasteiger partial charge in [-0.3, -0.25) is 9.59 Å². The molecule has 0 radical (unpaired) electrons. The van der Waals surface area contributed by atoms with E-state index >= 15 is 0 Å². The Balaban J connectivity index is 1.30. The van der Waals surface area contributed by atoms with Gasteiger partial charge in [0.1, 0.15) is 0 Å². The maximum atomic E-state index is 12.6. The van der Waals surface area contributed by atoms with E-state index in [1.165, 1.54) is 19.3 Å². The lowest BCUT2D eigenvalue weighted by Gasteiger charge is -2.57. The summed E-state index contributed by atoms with van der Waals surface area (Å²) in [5.74, 6) is 2.32. The molecule has 0 aromatic rings. The van der Waals surface area contributed by atoms with Gasteiger partial charge in [-0.2, -0.15) is 0 Å². The Morgan fingerprint density at radius 2 is 1.79 bits per heavy atom. The summed E-state index contributed by atoms with van der Waals surface area (Å²) in [4.78, 5) is 24.6. The molecule has 0 aromatic carbocycles. The van der Waals surface area contributed by atoms with Crippen LogP contribution >= 0.6 is 0 Å². The van der Waals surface area contributed by atoms with Gasteiger partial charge in [0.05, 0.1) is 6.42 Å². The van der Waals surface area contributed by atoms with E-state index in [9.17, 15) is 9.59 Å². The summed E-state index contributed by atoms with van der Waals surface area (Å²) in [5.41, 5.74) is -0.0132. The fourth-order valence-corrected chi connectivity index (χ4v) is 6.00. The second-order valence-electron chi connectivity index (χ2n) is 8.79. The first-order chi connectivity index (χ1) is 11.5. The average Bonchev–Trinajstić information content (AvgIpc) is 2.97. The smallest absolute Gasteiger partial charge is 0.307 e. The molecule has 5 rings (SSSR count). The molecule has 24 heavy (non-hydrogen) atoms. The second-order valence-corrected chi connectivity index (χ2v) is 8.79. The van der Waals surface area contributed by atoms with Crippen molar-refractivity contribution in [2.24, 2.45) is 23.7 Å². The first-order valence-corrected chi connectivity index (χ1v) is 9.69. The SMILES string of the molecule is C[C@H](OC(=O)C[C@@H]1C=CCC1)C(=O)NC12CC3CC(CC(C3)C1)C2. The van der Waals surface area contributed by atoms with Crippen molar-refractivity contribution in [3.05, 3.63) is 12.2 Å². The quantitative estimate of drug-likeness (QED) is 0.621. The molecule has 4 heteroatoms. The van der Waals surface area contributed by atoms with E-state index in [2.05, 4.69) is 17.5 Å². The maximum absolute atomic E-state index is 12.6. The summed E-state index contributed by atoms with van der Waals surface area (Å²) in [6, 6.07) is 0. The van der Waals surface area contributed by atoms with Gasteiger partial charge in [0.15, 0.2) is 6.10 Å². The van der Waals surface area contributed by atoms with Crippen LogP contribution in [0.1, 0.15) is 64.7 Å². The Morgan fingerprint density at radius 3 is 2.33 bits per heavy atom. The van der Waals surface area contributed by atoms with Crippen LogP contribution in [-0.4, -0.2) is 23.5 Å². The monoisotopic (exact) mass is 331 g/mol. The van der Waals surface area contributed by atoms with Gasteiger partial charge in [-0.15, -0.1) is 0 Å². The largest absolute Gasteiger partial charge is 0.453 e. The summed E-state index contributed by atoms with van der Waals surface area (Å²) in [6.07, 6.45) is 13.4. The number of rotatable bonds is 5. The first kappa shape index (κ1) is 16.2. The van der Waals surface area contributed by atoms with E-state index in [0.29, 0.717) is 6.42 Å². The van der Waals surface area contributed by atoms with Crippen molar-refractivity contribution in [3.63, 3.8) is 0 Å². The summed E-state index contributed by atoms with van der Waals surface area (Å²) in [6.45, 7) is 1.71. The van der Waals surface area contributed by atoms with Gasteiger partial charge in [0.25, 0.3) is 5.91 Å². The number of hydrogen-bond acceptors (Lipinski definition) is 3. The van der Waals surface area contributed by atoms with Crippen molar-refractivity contribution in [2.75, 3.05) is 0 Å². The van der Waals surface area contributed by atoms with Crippen LogP contribution in [0.5, 0.6) is 0 Å². The number of allylic oxidation sites excluding steroid dienone is 2. The van der Waals surface area contributed by atoms with E-state index in [-0.39, 0.29) is 23.3 Å². The van der Waals surface area contributed by atoms with Crippen LogP contribution in [0.25, 0.3) is 0 Å². The minimum atomic E-state index is -0.684. The van der Waals surface area contributed by atoms with Crippen LogP contribution in [0.4, 0.5) is 0 Å². The number of hydrogen-bond donors (Lipinski definition) is 1. The van der Waals surface area contributed by atoms with Crippen molar-refractivity contribution in [2.45, 2.75) is 76.4 Å². The van der Waals surface area contributed by atoms with Crippen LogP contribution in [0.15, 0.2) is 12.2 Å². The van der Waals surface area contributed by atoms with E-state index in [0.717, 1.165) is 49.9 Å². The molecule has 2 atom stereocenters. The molecular formula is C20H29NO3. The highest BCUT2D eigenvalue weighted by Gasteiger charge is 2.51. The second kappa shape index (κ2) is 6.20. The van der Waals surface area contributed by atoms with Crippen LogP contribution < -0.4 is 5.32 Å². The van der Waals surface area contributed by atoms with Crippen molar-refractivity contribution in [1.29, 1.82) is 0 Å². The zero-order valence-electron chi connectivity index (χ0n) is 14.6. The number of carbonyl (C=O) groups excluding carboxylic acids is 2. The molecule has 4 fully saturated rings. The van der Waals surface area contributed by atoms with E-state index in [4.69, 9.17) is 4.74 Å². The Bertz CT molecular complexity index is 518. The molecule has 0 unspecified atom stereocenters. The van der Waals surface area contributed by atoms with Crippen LogP contribution in [0.2, 0.25) is 0 Å². The number of nitrogens with one attached hydrogen (secondary N) is 1. The standard InChI is InChI=1S/C20H29NO3/c1-13(24-18(22)9-14-4-2-3-5-14)19(23)21-20-10-15-6-16(11-20)8-17(7-15)12-20/h2,4,13-17H,3,5-12H2,1H3,(H,21,23)/t13-,14+,15?,16?,17?,20?/m0/s1. The van der Waals surface area contributed by atoms with E-state index in [1.54, 1.807) is 6.92 Å². The topological polar surface area (TPSA) is 55.4 Å². The summed E-state index contributed by atoms with van der Waals surface area (Å²) < 4.78 is 5.40. The van der Waals surface area contributed by atoms with E-state index in [1.807, 2.05) is 0 Å². The molecule has 132 valence electrons. The highest BCUT2D eigenvalue weighted by Crippen LogP contribution is 2.55. The normalized spacial score (nSPS) is 40.5. The molecule has 4 nitrogen and oxygen atoms in total. The van der Waals surface area contributed by atoms with Gasteiger partial charge in [-0.05, 0) is 82.0 Å². The zero-order chi connectivity index (χ0) is 16.7. The number of esters is 1. The third-order valence-electron chi connectivity index (χ3n) is 6.65. The van der Waals surface area contributed by atoms with Crippen molar-refractivity contribution in [1.82, 2.24) is 5.32 Å². The Kier molecular flexibility index (Phi) is 4.17. The Labute approximate surface area is 144 Å². The third-order valence-corrected chi connectivity index (χ3v) is 6.65. The van der Waals surface area contributed by atoms with Gasteiger partial charge in [-0.1, -0.05) is 12.2 Å². The number of ether oxygens (including phenoxy) is 1. The molecule has 4 saturated carbocycles. The Morgan fingerprint density at radius 1 is 1.17 bits per heavy atom. The molecule has 0 aliphatic heterocycles. The predicted octanol–water partition coefficient (Wildman–Crippen LogP) is 3.36. The number of amides is 1. The zero-order valence-corrected chi connectivity index (χ0v) is 14.6. The van der Waals surface area contributed by atoms with Crippen molar-refractivity contribution < 1.29 is 14.3 Å². The third kappa shape index (κ3) is 3.25. The molecule has 0 saturated heterocycles. The number of carbonyl (C=O) groups is 2. The van der Waals surface area contributed by atoms with Gasteiger partial charge in [0.2, 0.25) is 0 Å². The van der Waals surface area contributed by atoms with Crippen molar-refractivity contribution >= 4 is 11.9 Å². The van der Waals surface area contributed by atoms with Gasteiger partial charge in [-0.25, -0.2) is 0 Å². The minimum absolute atomic E-state index is 0.0132. The minimum Gasteiger partial charge on any atom is -0.453 e. The summed E-state index contributed by atoms with van der Waals surface area (Å²) >= 11 is 0. The highest BCUT2D eigenvalue weighted by atomic mass is 16.5. The molecule has 1 N–H and O–H groups in total. The molecular weight excluding hydrogens is 302 g/mol. The summed E-state index contributed by atoms with van der Waals surface area (Å²) in [7, 11) is 0. The summed E-state index contributed by atoms with van der Waals surface area (Å²) in [5, 5.41) is 3.29. The molecule has 0 aromatic heterocycles. The predicted molar refractivity (Wildman–Crippen MR) is 91.1 cm³/mol. The van der Waals surface area contributed by atoms with Crippen LogP contribution in [-0.2, 0) is 14.3 Å². The van der Waals surface area contributed by atoms with Gasteiger partial charge >= 0.3 is 5.97 Å². The molecule has 5 aliphatic carbocycles. The molecule has 0 heterocycles. The molecule has 4 bridgehead atoms. The molecule has 1 amide bonds. The molecule has 0 spiro atoms. The maximum Gasteiger partial charge on any atom is 0.307 e. The Hall–Kier alpha value is -1.32. The van der Waals surface area contributed by atoms with Gasteiger partial charge in [0, 0.05) is 5.54 Å². The van der Waals surface area contributed by atoms with Crippen LogP contribution in [0.3, 0.4) is 0 Å². The fourth-order valence-electron chi connectivity index (χ4n) is 6.00. The molecule has 5 aliphatic rings. The average molecular weight is 331 g/mol. The van der Waals surface area contributed by atoms with Crippen molar-refractivity contribution in [3.8, 4) is 0 Å². The van der Waals surface area contributed by atoms with Crippen LogP contribution in [0, 0.1) is 23.7 Å². The lowest BCUT2D eigenvalue weighted by molar-refractivity contribution is -0.157. The van der Waals surface area contributed by atoms with E-state index < -0.39 is 6.10 Å². The fraction of sp³-hybridized carbons (Fsp3) is 0.800. The highest BCUT2D eigenvalue weighted by molar-refractivity contribution is 5.84. The van der Waals surface area contributed by atoms with Gasteiger partial charge < -0.3 is 10.1 Å². The lowest BCUT2D eigenvalue weighted by atomic mass is 9.53.